The lowest BCUT2D eigenvalue weighted by Gasteiger charge is -2.47. The first-order chi connectivity index (χ1) is 9.77. The van der Waals surface area contributed by atoms with Crippen LogP contribution < -0.4 is 0 Å². The minimum atomic E-state index is -0.111. The van der Waals surface area contributed by atoms with E-state index in [0.29, 0.717) is 0 Å². The van der Waals surface area contributed by atoms with Crippen LogP contribution in [0.2, 0.25) is 0 Å². The number of likely N-dealkylation sites (tertiary alicyclic amines) is 1. The first-order valence-electron chi connectivity index (χ1n) is 7.87. The molecule has 3 heteroatoms. The molecule has 3 rings (SSSR count). The highest BCUT2D eigenvalue weighted by Crippen LogP contribution is 2.43. The quantitative estimate of drug-likeness (QED) is 0.919. The van der Waals surface area contributed by atoms with Crippen LogP contribution in [0.15, 0.2) is 24.3 Å². The average molecular weight is 275 g/mol. The van der Waals surface area contributed by atoms with Gasteiger partial charge < -0.3 is 14.7 Å². The number of hydrogen-bond acceptors (Lipinski definition) is 3. The van der Waals surface area contributed by atoms with Crippen LogP contribution >= 0.6 is 0 Å². The van der Waals surface area contributed by atoms with Crippen molar-refractivity contribution < 1.29 is 9.84 Å². The maximum atomic E-state index is 9.25. The fraction of sp³-hybridized carbons (Fsp3) is 0.647. The molecule has 0 radical (unpaired) electrons. The number of piperidine rings is 1. The molecule has 2 heterocycles. The Morgan fingerprint density at radius 1 is 1.30 bits per heavy atom. The van der Waals surface area contributed by atoms with Crippen molar-refractivity contribution >= 4 is 0 Å². The van der Waals surface area contributed by atoms with Gasteiger partial charge in [-0.15, -0.1) is 0 Å². The highest BCUT2D eigenvalue weighted by atomic mass is 16.5. The van der Waals surface area contributed by atoms with Gasteiger partial charge in [0, 0.05) is 19.7 Å². The summed E-state index contributed by atoms with van der Waals surface area (Å²) in [5.74, 6) is 0. The Morgan fingerprint density at radius 2 is 2.05 bits per heavy atom. The minimum absolute atomic E-state index is 0.111. The molecule has 1 saturated heterocycles. The molecule has 1 aromatic carbocycles. The maximum absolute atomic E-state index is 9.25. The minimum Gasteiger partial charge on any atom is -0.396 e. The van der Waals surface area contributed by atoms with E-state index in [-0.39, 0.29) is 18.3 Å². The summed E-state index contributed by atoms with van der Waals surface area (Å²) in [6, 6.07) is 8.72. The number of benzene rings is 1. The predicted molar refractivity (Wildman–Crippen MR) is 79.7 cm³/mol. The number of ether oxygens (including phenoxy) is 1. The van der Waals surface area contributed by atoms with Crippen molar-refractivity contribution in [2.45, 2.75) is 44.3 Å². The SMILES string of the molecule is CCN1CCC2(CC1)OC(CCO)Cc1ccccc12. The zero-order valence-corrected chi connectivity index (χ0v) is 12.3. The highest BCUT2D eigenvalue weighted by molar-refractivity contribution is 5.35. The van der Waals surface area contributed by atoms with Gasteiger partial charge in [-0.25, -0.2) is 0 Å². The number of nitrogens with zero attached hydrogens (tertiary/aromatic N) is 1. The smallest absolute Gasteiger partial charge is 0.0962 e. The Bertz CT molecular complexity index is 452. The topological polar surface area (TPSA) is 32.7 Å². The number of hydrogen-bond donors (Lipinski definition) is 1. The number of aliphatic hydroxyl groups excluding tert-OH is 1. The molecular formula is C17H25NO2. The molecule has 2 aliphatic heterocycles. The van der Waals surface area contributed by atoms with Gasteiger partial charge in [0.25, 0.3) is 0 Å². The van der Waals surface area contributed by atoms with E-state index in [1.165, 1.54) is 11.1 Å². The van der Waals surface area contributed by atoms with E-state index in [9.17, 15) is 5.11 Å². The van der Waals surface area contributed by atoms with Gasteiger partial charge >= 0.3 is 0 Å². The normalized spacial score (nSPS) is 25.6. The largest absolute Gasteiger partial charge is 0.396 e. The van der Waals surface area contributed by atoms with Crippen molar-refractivity contribution in [1.29, 1.82) is 0 Å². The first kappa shape index (κ1) is 14.1. The average Bonchev–Trinajstić information content (AvgIpc) is 2.49. The van der Waals surface area contributed by atoms with E-state index >= 15 is 0 Å². The third-order valence-corrected chi connectivity index (χ3v) is 4.91. The van der Waals surface area contributed by atoms with Crippen LogP contribution in [-0.4, -0.2) is 42.4 Å². The van der Waals surface area contributed by atoms with Crippen LogP contribution in [0, 0.1) is 0 Å². The molecule has 1 fully saturated rings. The summed E-state index contributed by atoms with van der Waals surface area (Å²) >= 11 is 0. The summed E-state index contributed by atoms with van der Waals surface area (Å²) in [5.41, 5.74) is 2.70. The number of rotatable bonds is 3. The lowest BCUT2D eigenvalue weighted by Crippen LogP contribution is -2.48. The molecule has 0 saturated carbocycles. The van der Waals surface area contributed by atoms with E-state index in [0.717, 1.165) is 45.3 Å². The van der Waals surface area contributed by atoms with Gasteiger partial charge in [0.15, 0.2) is 0 Å². The fourth-order valence-corrected chi connectivity index (χ4v) is 3.73. The summed E-state index contributed by atoms with van der Waals surface area (Å²) in [4.78, 5) is 2.49. The van der Waals surface area contributed by atoms with Crippen molar-refractivity contribution in [3.8, 4) is 0 Å². The van der Waals surface area contributed by atoms with Crippen molar-refractivity contribution in [3.05, 3.63) is 35.4 Å². The second-order valence-electron chi connectivity index (χ2n) is 6.04. The lowest BCUT2D eigenvalue weighted by molar-refractivity contribution is -0.143. The van der Waals surface area contributed by atoms with Gasteiger partial charge in [-0.3, -0.25) is 0 Å². The summed E-state index contributed by atoms with van der Waals surface area (Å²) in [6.07, 6.45) is 3.99. The Balaban J connectivity index is 1.89. The molecule has 0 bridgehead atoms. The van der Waals surface area contributed by atoms with E-state index in [1.54, 1.807) is 0 Å². The Kier molecular flexibility index (Phi) is 4.11. The van der Waals surface area contributed by atoms with Crippen molar-refractivity contribution in [3.63, 3.8) is 0 Å². The van der Waals surface area contributed by atoms with Crippen LogP contribution in [0.3, 0.4) is 0 Å². The predicted octanol–water partition coefficient (Wildman–Crippen LogP) is 2.32. The molecule has 0 aliphatic carbocycles. The third kappa shape index (κ3) is 2.50. The molecular weight excluding hydrogens is 250 g/mol. The Hall–Kier alpha value is -0.900. The first-order valence-corrected chi connectivity index (χ1v) is 7.87. The van der Waals surface area contributed by atoms with Crippen molar-refractivity contribution in [2.24, 2.45) is 0 Å². The molecule has 2 aliphatic rings. The standard InChI is InChI=1S/C17H25NO2/c1-2-18-10-8-17(9-11-18)16-6-4-3-5-14(16)13-15(20-17)7-12-19/h3-6,15,19H,2,7-13H2,1H3. The van der Waals surface area contributed by atoms with Gasteiger partial charge in [-0.05, 0) is 43.4 Å². The number of aliphatic hydroxyl groups is 1. The van der Waals surface area contributed by atoms with Gasteiger partial charge in [0.2, 0.25) is 0 Å². The van der Waals surface area contributed by atoms with Gasteiger partial charge in [0.05, 0.1) is 11.7 Å². The highest BCUT2D eigenvalue weighted by Gasteiger charge is 2.43. The molecule has 1 N–H and O–H groups in total. The summed E-state index contributed by atoms with van der Waals surface area (Å²) in [6.45, 7) is 5.78. The molecule has 1 aromatic rings. The molecule has 20 heavy (non-hydrogen) atoms. The lowest BCUT2D eigenvalue weighted by atomic mass is 9.78. The molecule has 3 nitrogen and oxygen atoms in total. The van der Waals surface area contributed by atoms with E-state index in [2.05, 4.69) is 36.1 Å². The Morgan fingerprint density at radius 3 is 2.75 bits per heavy atom. The summed E-state index contributed by atoms with van der Waals surface area (Å²) < 4.78 is 6.49. The monoisotopic (exact) mass is 275 g/mol. The zero-order valence-electron chi connectivity index (χ0n) is 12.3. The van der Waals surface area contributed by atoms with Crippen LogP contribution in [0.1, 0.15) is 37.3 Å². The van der Waals surface area contributed by atoms with Crippen LogP contribution in [0.5, 0.6) is 0 Å². The number of fused-ring (bicyclic) bond motifs is 2. The molecule has 1 atom stereocenters. The van der Waals surface area contributed by atoms with Crippen molar-refractivity contribution in [1.82, 2.24) is 4.90 Å². The van der Waals surface area contributed by atoms with E-state index < -0.39 is 0 Å². The second kappa shape index (κ2) is 5.84. The molecule has 0 amide bonds. The molecule has 1 spiro atoms. The molecule has 0 aromatic heterocycles. The van der Waals surface area contributed by atoms with Crippen LogP contribution in [-0.2, 0) is 16.8 Å². The maximum Gasteiger partial charge on any atom is 0.0962 e. The fourth-order valence-electron chi connectivity index (χ4n) is 3.73. The second-order valence-corrected chi connectivity index (χ2v) is 6.04. The van der Waals surface area contributed by atoms with Gasteiger partial charge in [-0.1, -0.05) is 31.2 Å². The van der Waals surface area contributed by atoms with E-state index in [4.69, 9.17) is 4.74 Å². The summed E-state index contributed by atoms with van der Waals surface area (Å²) in [5, 5.41) is 9.25. The van der Waals surface area contributed by atoms with Gasteiger partial charge in [0.1, 0.15) is 0 Å². The molecule has 1 unspecified atom stereocenters. The van der Waals surface area contributed by atoms with Crippen LogP contribution in [0.4, 0.5) is 0 Å². The zero-order chi connectivity index (χ0) is 14.0. The third-order valence-electron chi connectivity index (χ3n) is 4.91. The van der Waals surface area contributed by atoms with Crippen LogP contribution in [0.25, 0.3) is 0 Å². The van der Waals surface area contributed by atoms with Crippen molar-refractivity contribution in [2.75, 3.05) is 26.2 Å². The van der Waals surface area contributed by atoms with Gasteiger partial charge in [-0.2, -0.15) is 0 Å². The van der Waals surface area contributed by atoms with E-state index in [1.807, 2.05) is 0 Å². The summed E-state index contributed by atoms with van der Waals surface area (Å²) in [7, 11) is 0. The molecule has 110 valence electrons. The Labute approximate surface area is 121 Å².